The molecule has 5 nitrogen and oxygen atoms in total. The first kappa shape index (κ1) is 15.7. The van der Waals surface area contributed by atoms with Crippen molar-refractivity contribution in [2.75, 3.05) is 5.32 Å². The normalized spacial score (nSPS) is 10.6. The number of amides is 1. The van der Waals surface area contributed by atoms with Crippen LogP contribution in [0.5, 0.6) is 0 Å². The van der Waals surface area contributed by atoms with Crippen molar-refractivity contribution in [2.24, 2.45) is 0 Å². The van der Waals surface area contributed by atoms with Gasteiger partial charge in [-0.2, -0.15) is 0 Å². The largest absolute Gasteiger partial charge is 0.322 e. The molecule has 1 amide bonds. The van der Waals surface area contributed by atoms with Crippen LogP contribution in [0.15, 0.2) is 48.5 Å². The molecule has 2 aromatic rings. The second kappa shape index (κ2) is 6.82. The average molecular weight is 321 g/mol. The number of hydrogen-bond donors (Lipinski definition) is 1. The van der Waals surface area contributed by atoms with Crippen molar-refractivity contribution in [1.82, 2.24) is 0 Å². The number of halogens is 2. The number of rotatable bonds is 4. The summed E-state index contributed by atoms with van der Waals surface area (Å²) in [6.07, 6.45) is 2.74. The fourth-order valence-electron chi connectivity index (χ4n) is 1.66. The molecule has 112 valence electrons. The predicted molar refractivity (Wildman–Crippen MR) is 82.2 cm³/mol. The topological polar surface area (TPSA) is 72.2 Å². The van der Waals surface area contributed by atoms with Crippen molar-refractivity contribution in [2.45, 2.75) is 0 Å². The molecule has 0 unspecified atom stereocenters. The van der Waals surface area contributed by atoms with Crippen LogP contribution < -0.4 is 5.32 Å². The summed E-state index contributed by atoms with van der Waals surface area (Å²) in [5.74, 6) is -0.837. The molecule has 0 heterocycles. The number of benzene rings is 2. The van der Waals surface area contributed by atoms with Gasteiger partial charge in [-0.1, -0.05) is 23.7 Å². The molecule has 2 aromatic carbocycles. The van der Waals surface area contributed by atoms with Crippen LogP contribution in [-0.4, -0.2) is 10.8 Å². The summed E-state index contributed by atoms with van der Waals surface area (Å²) in [4.78, 5) is 21.9. The molecule has 0 aliphatic carbocycles. The number of anilines is 1. The Bertz CT molecular complexity index is 745. The van der Waals surface area contributed by atoms with E-state index in [0.717, 1.165) is 0 Å². The quantitative estimate of drug-likeness (QED) is 0.525. The molecule has 0 atom stereocenters. The highest BCUT2D eigenvalue weighted by Crippen LogP contribution is 2.27. The lowest BCUT2D eigenvalue weighted by Crippen LogP contribution is -2.08. The van der Waals surface area contributed by atoms with Gasteiger partial charge in [-0.25, -0.2) is 4.39 Å². The summed E-state index contributed by atoms with van der Waals surface area (Å²) in [5.41, 5.74) is 0.616. The Kier molecular flexibility index (Phi) is 4.85. The van der Waals surface area contributed by atoms with E-state index in [9.17, 15) is 19.3 Å². The van der Waals surface area contributed by atoms with Gasteiger partial charge in [-0.3, -0.25) is 14.9 Å². The molecule has 0 saturated carbocycles. The maximum absolute atomic E-state index is 12.7. The van der Waals surface area contributed by atoms with Gasteiger partial charge >= 0.3 is 0 Å². The van der Waals surface area contributed by atoms with Crippen molar-refractivity contribution in [3.05, 3.63) is 75.1 Å². The Morgan fingerprint density at radius 2 is 1.91 bits per heavy atom. The van der Waals surface area contributed by atoms with Crippen LogP contribution in [0, 0.1) is 15.9 Å². The van der Waals surface area contributed by atoms with Gasteiger partial charge in [0.2, 0.25) is 5.91 Å². The van der Waals surface area contributed by atoms with Gasteiger partial charge in [0, 0.05) is 17.8 Å². The second-order valence-electron chi connectivity index (χ2n) is 4.30. The van der Waals surface area contributed by atoms with Crippen molar-refractivity contribution < 1.29 is 14.1 Å². The fourth-order valence-corrected chi connectivity index (χ4v) is 1.85. The minimum absolute atomic E-state index is 0.00940. The van der Waals surface area contributed by atoms with Crippen molar-refractivity contribution in [1.29, 1.82) is 0 Å². The lowest BCUT2D eigenvalue weighted by Gasteiger charge is -2.03. The number of carbonyl (C=O) groups excluding carboxylic acids is 1. The number of nitrogens with zero attached hydrogens (tertiary/aromatic N) is 1. The van der Waals surface area contributed by atoms with E-state index in [2.05, 4.69) is 5.32 Å². The smallest absolute Gasteiger partial charge is 0.289 e. The molecule has 22 heavy (non-hydrogen) atoms. The van der Waals surface area contributed by atoms with E-state index < -0.39 is 10.8 Å². The molecule has 2 rings (SSSR count). The number of carbonyl (C=O) groups is 1. The van der Waals surface area contributed by atoms with E-state index >= 15 is 0 Å². The first-order chi connectivity index (χ1) is 10.5. The van der Waals surface area contributed by atoms with Gasteiger partial charge in [-0.15, -0.1) is 0 Å². The molecule has 0 bridgehead atoms. The maximum atomic E-state index is 12.7. The van der Waals surface area contributed by atoms with E-state index in [1.54, 1.807) is 0 Å². The Balaban J connectivity index is 2.07. The highest BCUT2D eigenvalue weighted by atomic mass is 35.5. The molecular weight excluding hydrogens is 311 g/mol. The Labute approximate surface area is 130 Å². The number of hydrogen-bond acceptors (Lipinski definition) is 3. The number of nitro groups is 1. The highest BCUT2D eigenvalue weighted by molar-refractivity contribution is 6.32. The second-order valence-corrected chi connectivity index (χ2v) is 4.70. The van der Waals surface area contributed by atoms with Gasteiger partial charge in [0.15, 0.2) is 0 Å². The zero-order valence-electron chi connectivity index (χ0n) is 11.1. The van der Waals surface area contributed by atoms with Crippen LogP contribution in [0.4, 0.5) is 15.8 Å². The third-order valence-corrected chi connectivity index (χ3v) is 3.03. The zero-order chi connectivity index (χ0) is 16.1. The van der Waals surface area contributed by atoms with Gasteiger partial charge in [0.1, 0.15) is 10.8 Å². The lowest BCUT2D eigenvalue weighted by molar-refractivity contribution is -0.384. The fraction of sp³-hybridized carbons (Fsp3) is 0. The molecule has 0 saturated heterocycles. The lowest BCUT2D eigenvalue weighted by atomic mass is 10.2. The first-order valence-corrected chi connectivity index (χ1v) is 6.52. The van der Waals surface area contributed by atoms with Crippen LogP contribution in [-0.2, 0) is 4.79 Å². The SMILES string of the molecule is O=C(C=Cc1ccc(F)cc1)Nc1ccc(Cl)c([N+](=O)[O-])c1. The van der Waals surface area contributed by atoms with Gasteiger partial charge in [0.05, 0.1) is 4.92 Å². The Hall–Kier alpha value is -2.73. The Morgan fingerprint density at radius 3 is 2.55 bits per heavy atom. The van der Waals surface area contributed by atoms with Gasteiger partial charge in [-0.05, 0) is 35.9 Å². The Morgan fingerprint density at radius 1 is 1.23 bits per heavy atom. The molecular formula is C15H10ClFN2O3. The van der Waals surface area contributed by atoms with E-state index in [4.69, 9.17) is 11.6 Å². The zero-order valence-corrected chi connectivity index (χ0v) is 11.9. The summed E-state index contributed by atoms with van der Waals surface area (Å²) in [7, 11) is 0. The third kappa shape index (κ3) is 4.13. The number of nitrogens with one attached hydrogen (secondary N) is 1. The summed E-state index contributed by atoms with van der Waals surface area (Å²) < 4.78 is 12.7. The third-order valence-electron chi connectivity index (χ3n) is 2.71. The summed E-state index contributed by atoms with van der Waals surface area (Å²) in [5, 5.41) is 13.2. The van der Waals surface area contributed by atoms with E-state index in [1.807, 2.05) is 0 Å². The average Bonchev–Trinajstić information content (AvgIpc) is 2.48. The van der Waals surface area contributed by atoms with Gasteiger partial charge < -0.3 is 5.32 Å². The first-order valence-electron chi connectivity index (χ1n) is 6.14. The summed E-state index contributed by atoms with van der Waals surface area (Å²) >= 11 is 5.68. The van der Waals surface area contributed by atoms with E-state index in [-0.39, 0.29) is 22.2 Å². The molecule has 0 fully saturated rings. The van der Waals surface area contributed by atoms with Crippen molar-refractivity contribution in [3.8, 4) is 0 Å². The minimum Gasteiger partial charge on any atom is -0.322 e. The summed E-state index contributed by atoms with van der Waals surface area (Å²) in [6, 6.07) is 9.56. The molecule has 0 spiro atoms. The van der Waals surface area contributed by atoms with Crippen molar-refractivity contribution >= 4 is 35.0 Å². The standard InChI is InChI=1S/C15H10ClFN2O3/c16-13-7-6-12(9-14(13)19(21)22)18-15(20)8-3-10-1-4-11(17)5-2-10/h1-9H,(H,18,20). The summed E-state index contributed by atoms with van der Waals surface area (Å²) in [6.45, 7) is 0. The van der Waals surface area contributed by atoms with Gasteiger partial charge in [0.25, 0.3) is 5.69 Å². The molecule has 0 radical (unpaired) electrons. The predicted octanol–water partition coefficient (Wildman–Crippen LogP) is 4.04. The van der Waals surface area contributed by atoms with Crippen molar-refractivity contribution in [3.63, 3.8) is 0 Å². The number of nitro benzene ring substituents is 1. The maximum Gasteiger partial charge on any atom is 0.289 e. The molecule has 0 aromatic heterocycles. The molecule has 0 aliphatic rings. The molecule has 7 heteroatoms. The molecule has 0 aliphatic heterocycles. The van der Waals surface area contributed by atoms with Crippen LogP contribution in [0.3, 0.4) is 0 Å². The van der Waals surface area contributed by atoms with Crippen LogP contribution >= 0.6 is 11.6 Å². The van der Waals surface area contributed by atoms with Crippen LogP contribution in [0.2, 0.25) is 5.02 Å². The minimum atomic E-state index is -0.633. The van der Waals surface area contributed by atoms with E-state index in [0.29, 0.717) is 5.56 Å². The van der Waals surface area contributed by atoms with E-state index in [1.165, 1.54) is 54.6 Å². The molecule has 1 N–H and O–H groups in total. The monoisotopic (exact) mass is 320 g/mol. The van der Waals surface area contributed by atoms with Crippen LogP contribution in [0.1, 0.15) is 5.56 Å². The highest BCUT2D eigenvalue weighted by Gasteiger charge is 2.13. The van der Waals surface area contributed by atoms with Crippen LogP contribution in [0.25, 0.3) is 6.08 Å².